The van der Waals surface area contributed by atoms with Crippen LogP contribution in [0.2, 0.25) is 10.0 Å². The lowest BCUT2D eigenvalue weighted by atomic mass is 9.73. The molecule has 2 aliphatic rings. The number of hydrogen-bond donors (Lipinski definition) is 2. The van der Waals surface area contributed by atoms with Crippen molar-refractivity contribution in [3.05, 3.63) is 86.7 Å². The van der Waals surface area contributed by atoms with Gasteiger partial charge in [-0.2, -0.15) is 5.10 Å². The van der Waals surface area contributed by atoms with Gasteiger partial charge in [0.05, 0.1) is 6.20 Å². The van der Waals surface area contributed by atoms with Crippen molar-refractivity contribution in [1.82, 2.24) is 9.78 Å². The Morgan fingerprint density at radius 1 is 1.12 bits per heavy atom. The second-order valence-electron chi connectivity index (χ2n) is 9.67. The molecule has 0 bridgehead atoms. The van der Waals surface area contributed by atoms with Gasteiger partial charge in [-0.25, -0.2) is 4.68 Å². The Balaban J connectivity index is 1.63. The monoisotopic (exact) mass is 494 g/mol. The summed E-state index contributed by atoms with van der Waals surface area (Å²) in [5.74, 6) is 0.230. The highest BCUT2D eigenvalue weighted by Crippen LogP contribution is 2.48. The molecule has 174 valence electrons. The highest BCUT2D eigenvalue weighted by Gasteiger charge is 2.43. The predicted molar refractivity (Wildman–Crippen MR) is 135 cm³/mol. The van der Waals surface area contributed by atoms with Crippen molar-refractivity contribution in [2.75, 3.05) is 10.6 Å². The quantitative estimate of drug-likeness (QED) is 0.441. The molecule has 1 aliphatic carbocycles. The molecule has 0 saturated heterocycles. The number of benzene rings is 2. The first-order chi connectivity index (χ1) is 16.1. The molecule has 34 heavy (non-hydrogen) atoms. The number of aromatic nitrogens is 2. The van der Waals surface area contributed by atoms with Gasteiger partial charge in [0.1, 0.15) is 17.4 Å². The number of nitrogens with zero attached hydrogens (tertiary/aromatic N) is 2. The van der Waals surface area contributed by atoms with Crippen LogP contribution in [0.25, 0.3) is 0 Å². The van der Waals surface area contributed by atoms with Gasteiger partial charge in [-0.05, 0) is 43.0 Å². The second-order valence-corrected chi connectivity index (χ2v) is 10.5. The van der Waals surface area contributed by atoms with Crippen molar-refractivity contribution in [2.24, 2.45) is 5.41 Å². The molecule has 0 spiro atoms. The molecular formula is C26H24Cl2N4O2. The first-order valence-corrected chi connectivity index (χ1v) is 11.8. The average Bonchev–Trinajstić information content (AvgIpc) is 3.17. The molecule has 1 atom stereocenters. The number of Topliss-reactive ketones (excluding diaryl/α,β-unsaturated/α-hetero) is 1. The molecule has 2 aromatic carbocycles. The fourth-order valence-corrected chi connectivity index (χ4v) is 5.36. The molecule has 0 fully saturated rings. The van der Waals surface area contributed by atoms with E-state index in [1.54, 1.807) is 22.9 Å². The molecule has 3 aromatic rings. The first kappa shape index (κ1) is 22.7. The summed E-state index contributed by atoms with van der Waals surface area (Å²) in [5, 5.41) is 11.7. The van der Waals surface area contributed by atoms with Crippen LogP contribution in [0.4, 0.5) is 11.5 Å². The zero-order valence-corrected chi connectivity index (χ0v) is 20.6. The summed E-state index contributed by atoms with van der Waals surface area (Å²) in [4.78, 5) is 26.6. The number of nitrogens with one attached hydrogen (secondary N) is 2. The van der Waals surface area contributed by atoms with Gasteiger partial charge in [-0.1, -0.05) is 60.8 Å². The van der Waals surface area contributed by atoms with Gasteiger partial charge in [0.25, 0.3) is 5.91 Å². The SMILES string of the molecule is Cc1ccc(NC(=O)c2cnn3c2NC2=C(C(=O)CC(C)(C)C2)C3c2c(Cl)cccc2Cl)cc1. The number of anilines is 2. The van der Waals surface area contributed by atoms with Crippen molar-refractivity contribution < 1.29 is 9.59 Å². The maximum atomic E-state index is 13.4. The molecular weight excluding hydrogens is 471 g/mol. The first-order valence-electron chi connectivity index (χ1n) is 11.1. The molecule has 6 nitrogen and oxygen atoms in total. The summed E-state index contributed by atoms with van der Waals surface area (Å²) >= 11 is 13.2. The van der Waals surface area contributed by atoms with Crippen LogP contribution >= 0.6 is 23.2 Å². The number of halogens is 2. The summed E-state index contributed by atoms with van der Waals surface area (Å²) in [6.07, 6.45) is 2.57. The molecule has 2 N–H and O–H groups in total. The van der Waals surface area contributed by atoms with Crippen molar-refractivity contribution >= 4 is 46.4 Å². The Hall–Kier alpha value is -3.09. The van der Waals surface area contributed by atoms with Crippen molar-refractivity contribution in [1.29, 1.82) is 0 Å². The number of carbonyl (C=O) groups excluding carboxylic acids is 2. The minimum atomic E-state index is -0.628. The van der Waals surface area contributed by atoms with Gasteiger partial charge < -0.3 is 10.6 Å². The Morgan fingerprint density at radius 2 is 1.79 bits per heavy atom. The highest BCUT2D eigenvalue weighted by molar-refractivity contribution is 6.36. The van der Waals surface area contributed by atoms with E-state index in [0.29, 0.717) is 51.1 Å². The van der Waals surface area contributed by atoms with E-state index in [2.05, 4.69) is 29.6 Å². The van der Waals surface area contributed by atoms with Crippen LogP contribution in [0, 0.1) is 12.3 Å². The maximum Gasteiger partial charge on any atom is 0.261 e. The third kappa shape index (κ3) is 3.91. The maximum absolute atomic E-state index is 13.4. The lowest BCUT2D eigenvalue weighted by Crippen LogP contribution is -2.37. The number of amides is 1. The van der Waals surface area contributed by atoms with E-state index in [4.69, 9.17) is 23.2 Å². The van der Waals surface area contributed by atoms with Crippen molar-refractivity contribution in [3.8, 4) is 0 Å². The number of aryl methyl sites for hydroxylation is 1. The topological polar surface area (TPSA) is 76.0 Å². The molecule has 1 aliphatic heterocycles. The van der Waals surface area contributed by atoms with Crippen LogP contribution in [0.15, 0.2) is 59.9 Å². The Morgan fingerprint density at radius 3 is 2.47 bits per heavy atom. The number of allylic oxidation sites excluding steroid dienone is 2. The summed E-state index contributed by atoms with van der Waals surface area (Å²) in [6, 6.07) is 12.2. The zero-order valence-electron chi connectivity index (χ0n) is 19.1. The summed E-state index contributed by atoms with van der Waals surface area (Å²) in [7, 11) is 0. The lowest BCUT2D eigenvalue weighted by molar-refractivity contribution is -0.118. The fraction of sp³-hybridized carbons (Fsp3) is 0.269. The number of hydrogen-bond acceptors (Lipinski definition) is 4. The van der Waals surface area contributed by atoms with Gasteiger partial charge in [0.2, 0.25) is 0 Å². The van der Waals surface area contributed by atoms with E-state index in [9.17, 15) is 9.59 Å². The van der Waals surface area contributed by atoms with Crippen LogP contribution in [0.3, 0.4) is 0 Å². The number of fused-ring (bicyclic) bond motifs is 1. The zero-order chi connectivity index (χ0) is 24.2. The predicted octanol–water partition coefficient (Wildman–Crippen LogP) is 6.41. The van der Waals surface area contributed by atoms with Crippen molar-refractivity contribution in [2.45, 2.75) is 39.7 Å². The molecule has 1 aromatic heterocycles. The third-order valence-corrected chi connectivity index (χ3v) is 6.99. The molecule has 1 amide bonds. The third-order valence-electron chi connectivity index (χ3n) is 6.33. The number of rotatable bonds is 3. The van der Waals surface area contributed by atoms with Gasteiger partial charge in [0, 0.05) is 39.0 Å². The molecule has 5 rings (SSSR count). The summed E-state index contributed by atoms with van der Waals surface area (Å²) in [5.41, 5.74) is 3.91. The molecule has 0 radical (unpaired) electrons. The molecule has 2 heterocycles. The van der Waals surface area contributed by atoms with E-state index >= 15 is 0 Å². The Bertz CT molecular complexity index is 1340. The summed E-state index contributed by atoms with van der Waals surface area (Å²) < 4.78 is 1.65. The van der Waals surface area contributed by atoms with E-state index in [1.165, 1.54) is 6.20 Å². The average molecular weight is 495 g/mol. The molecule has 1 unspecified atom stereocenters. The van der Waals surface area contributed by atoms with Crippen LogP contribution < -0.4 is 10.6 Å². The van der Waals surface area contributed by atoms with Gasteiger partial charge in [-0.3, -0.25) is 9.59 Å². The fourth-order valence-electron chi connectivity index (χ4n) is 4.75. The largest absolute Gasteiger partial charge is 0.343 e. The highest BCUT2D eigenvalue weighted by atomic mass is 35.5. The van der Waals surface area contributed by atoms with Gasteiger partial charge in [0.15, 0.2) is 5.78 Å². The van der Waals surface area contributed by atoms with E-state index in [1.807, 2.05) is 31.2 Å². The van der Waals surface area contributed by atoms with E-state index in [0.717, 1.165) is 11.3 Å². The van der Waals surface area contributed by atoms with E-state index < -0.39 is 6.04 Å². The number of carbonyl (C=O) groups is 2. The van der Waals surface area contributed by atoms with Gasteiger partial charge in [-0.15, -0.1) is 0 Å². The standard InChI is InChI=1S/C26H24Cl2N4O2/c1-14-7-9-15(10-8-14)30-25(34)16-13-29-32-23(21-17(27)5-4-6-18(21)28)22-19(31-24(16)32)11-26(2,3)12-20(22)33/h4-10,13,23,31H,11-12H2,1-3H3,(H,30,34). The van der Waals surface area contributed by atoms with Crippen molar-refractivity contribution in [3.63, 3.8) is 0 Å². The Kier molecular flexibility index (Phi) is 5.53. The van der Waals surface area contributed by atoms with Crippen LogP contribution in [0.5, 0.6) is 0 Å². The smallest absolute Gasteiger partial charge is 0.261 e. The van der Waals surface area contributed by atoms with Crippen LogP contribution in [0.1, 0.15) is 54.2 Å². The van der Waals surface area contributed by atoms with Crippen LogP contribution in [-0.4, -0.2) is 21.5 Å². The minimum Gasteiger partial charge on any atom is -0.343 e. The van der Waals surface area contributed by atoms with Crippen LogP contribution in [-0.2, 0) is 4.79 Å². The normalized spacial score (nSPS) is 18.7. The molecule has 8 heteroatoms. The van der Waals surface area contributed by atoms with E-state index in [-0.39, 0.29) is 17.1 Å². The summed E-state index contributed by atoms with van der Waals surface area (Å²) in [6.45, 7) is 6.11. The molecule has 0 saturated carbocycles. The lowest BCUT2D eigenvalue weighted by Gasteiger charge is -2.39. The van der Waals surface area contributed by atoms with Gasteiger partial charge >= 0.3 is 0 Å². The Labute approximate surface area is 207 Å². The minimum absolute atomic E-state index is 0.0199. The second kappa shape index (κ2) is 8.29. The number of ketones is 1.